The Morgan fingerprint density at radius 1 is 0.466 bits per heavy atom. The summed E-state index contributed by atoms with van der Waals surface area (Å²) in [6.45, 7) is 0.159. The standard InChI is InChI=1S/C22H21BO3.2C14H12NO/c24-23(25)26-18-10-17-22(19-11-4-1-5-12-19,20-13-6-2-7-14-20)21-15-8-3-9-16-21;2*1-4-10-15(11-5-1)16-14-9-8-12-6-2-3-7-13(12)14/h1-9,11-16H,10,17-18H2;2*1-11,14H/q-2;2*+1. The van der Waals surface area contributed by atoms with E-state index in [9.17, 15) is 10.0 Å². The molecule has 0 bridgehead atoms. The smallest absolute Gasteiger partial charge is 0.222 e. The zero-order chi connectivity index (χ0) is 39.8. The van der Waals surface area contributed by atoms with Gasteiger partial charge in [0.05, 0.1) is 7.32 Å². The van der Waals surface area contributed by atoms with E-state index in [1.807, 2.05) is 140 Å². The van der Waals surface area contributed by atoms with Crippen molar-refractivity contribution in [2.24, 2.45) is 0 Å². The lowest BCUT2D eigenvalue weighted by atomic mass is 9.67. The number of rotatable bonds is 12. The summed E-state index contributed by atoms with van der Waals surface area (Å²) in [5, 5.41) is 21.4. The Morgan fingerprint density at radius 3 is 1.22 bits per heavy atom. The van der Waals surface area contributed by atoms with E-state index in [0.717, 1.165) is 6.42 Å². The minimum atomic E-state index is -2.23. The molecule has 58 heavy (non-hydrogen) atoms. The zero-order valence-electron chi connectivity index (χ0n) is 32.2. The third-order valence-electron chi connectivity index (χ3n) is 10.1. The van der Waals surface area contributed by atoms with Crippen molar-refractivity contribution in [1.29, 1.82) is 0 Å². The van der Waals surface area contributed by atoms with Crippen LogP contribution < -0.4 is 29.2 Å². The fourth-order valence-electron chi connectivity index (χ4n) is 7.40. The van der Waals surface area contributed by atoms with Gasteiger partial charge >= 0.3 is 0 Å². The van der Waals surface area contributed by atoms with E-state index in [0.29, 0.717) is 6.42 Å². The molecule has 0 radical (unpaired) electrons. The van der Waals surface area contributed by atoms with Crippen LogP contribution in [-0.4, -0.2) is 13.9 Å². The molecule has 2 unspecified atom stereocenters. The summed E-state index contributed by atoms with van der Waals surface area (Å²) in [7, 11) is -2.23. The molecule has 2 aliphatic carbocycles. The minimum absolute atomic E-state index is 0.0172. The van der Waals surface area contributed by atoms with Crippen LogP contribution in [0.25, 0.3) is 12.2 Å². The van der Waals surface area contributed by atoms with Gasteiger partial charge in [-0.2, -0.15) is 0 Å². The van der Waals surface area contributed by atoms with Crippen molar-refractivity contribution < 1.29 is 33.8 Å². The van der Waals surface area contributed by atoms with Crippen molar-refractivity contribution in [3.8, 4) is 0 Å². The van der Waals surface area contributed by atoms with Crippen molar-refractivity contribution in [3.63, 3.8) is 0 Å². The molecule has 288 valence electrons. The Kier molecular flexibility index (Phi) is 13.7. The van der Waals surface area contributed by atoms with Crippen LogP contribution in [0.15, 0.2) is 213 Å². The molecule has 0 saturated carbocycles. The Balaban J connectivity index is 0.000000139. The van der Waals surface area contributed by atoms with Crippen LogP contribution in [0.2, 0.25) is 0 Å². The summed E-state index contributed by atoms with van der Waals surface area (Å²) >= 11 is 0. The van der Waals surface area contributed by atoms with E-state index in [2.05, 4.69) is 85.0 Å². The van der Waals surface area contributed by atoms with Crippen molar-refractivity contribution in [2.75, 3.05) is 6.61 Å². The lowest BCUT2D eigenvalue weighted by molar-refractivity contribution is -0.898. The second-order valence-corrected chi connectivity index (χ2v) is 13.8. The Labute approximate surface area is 341 Å². The van der Waals surface area contributed by atoms with Gasteiger partial charge < -0.3 is 14.7 Å². The second kappa shape index (κ2) is 20.0. The van der Waals surface area contributed by atoms with Crippen molar-refractivity contribution in [2.45, 2.75) is 30.5 Å². The molecule has 0 fully saturated rings. The second-order valence-electron chi connectivity index (χ2n) is 13.8. The van der Waals surface area contributed by atoms with Gasteiger partial charge in [0.25, 0.3) is 0 Å². The van der Waals surface area contributed by atoms with Gasteiger partial charge in [-0.3, -0.25) is 9.68 Å². The molecule has 0 spiro atoms. The predicted molar refractivity (Wildman–Crippen MR) is 223 cm³/mol. The van der Waals surface area contributed by atoms with E-state index in [1.54, 1.807) is 9.46 Å². The Morgan fingerprint density at radius 2 is 0.828 bits per heavy atom. The number of aromatic nitrogens is 2. The first kappa shape index (κ1) is 39.7. The first-order chi connectivity index (χ1) is 28.6. The number of hydrogen-bond donors (Lipinski definition) is 0. The monoisotopic (exact) mass is 764 g/mol. The number of hydrogen-bond acceptors (Lipinski definition) is 5. The van der Waals surface area contributed by atoms with E-state index in [4.69, 9.17) is 14.3 Å². The summed E-state index contributed by atoms with van der Waals surface area (Å²) in [6, 6.07) is 59.3. The fourth-order valence-corrected chi connectivity index (χ4v) is 7.40. The summed E-state index contributed by atoms with van der Waals surface area (Å²) in [6.07, 6.45) is 17.3. The van der Waals surface area contributed by atoms with E-state index >= 15 is 0 Å². The molecule has 2 atom stereocenters. The van der Waals surface area contributed by atoms with Crippen LogP contribution in [-0.2, 0) is 10.1 Å². The predicted octanol–water partition coefficient (Wildman–Crippen LogP) is 6.86. The third kappa shape index (κ3) is 10.0. The molecule has 7 nitrogen and oxygen atoms in total. The average molecular weight is 765 g/mol. The molecule has 0 saturated heterocycles. The van der Waals surface area contributed by atoms with Crippen molar-refractivity contribution >= 4 is 19.5 Å². The number of fused-ring (bicyclic) bond motifs is 2. The van der Waals surface area contributed by atoms with Crippen LogP contribution in [0, 0.1) is 0 Å². The van der Waals surface area contributed by atoms with E-state index in [-0.39, 0.29) is 24.2 Å². The summed E-state index contributed by atoms with van der Waals surface area (Å²) in [5.41, 5.74) is 8.09. The zero-order valence-corrected chi connectivity index (χ0v) is 32.2. The number of nitrogens with zero attached hydrogens (tertiary/aromatic N) is 2. The molecule has 5 aromatic carbocycles. The van der Waals surface area contributed by atoms with E-state index < -0.39 is 7.32 Å². The molecule has 9 rings (SSSR count). The highest BCUT2D eigenvalue weighted by atomic mass is 16.7. The lowest BCUT2D eigenvalue weighted by Crippen LogP contribution is -2.48. The molecule has 7 aromatic rings. The quantitative estimate of drug-likeness (QED) is 0.0588. The first-order valence-electron chi connectivity index (χ1n) is 19.5. The minimum Gasteiger partial charge on any atom is -0.871 e. The molecule has 2 heterocycles. The molecular weight excluding hydrogens is 719 g/mol. The highest BCUT2D eigenvalue weighted by molar-refractivity contribution is 6.28. The molecule has 2 aliphatic rings. The molecular formula is C50H45BN2O5. The molecule has 0 N–H and O–H groups in total. The van der Waals surface area contributed by atoms with Crippen molar-refractivity contribution in [3.05, 3.63) is 252 Å². The van der Waals surface area contributed by atoms with Crippen LogP contribution in [0.4, 0.5) is 0 Å². The van der Waals surface area contributed by atoms with Crippen LogP contribution in [0.1, 0.15) is 64.0 Å². The van der Waals surface area contributed by atoms with Crippen LogP contribution >= 0.6 is 0 Å². The maximum atomic E-state index is 10.7. The third-order valence-corrected chi connectivity index (χ3v) is 10.1. The SMILES string of the molecule is C1=CC(O[n+]2ccccc2)c2ccccc21.C1=CC(O[n+]2ccccc2)c2ccccc21.[O-]B([O-])OCCCC(c1ccccc1)(c1ccccc1)c1ccccc1. The Bertz CT molecular complexity index is 2150. The number of pyridine rings is 2. The summed E-state index contributed by atoms with van der Waals surface area (Å²) in [5.74, 6) is 0. The molecule has 2 aromatic heterocycles. The van der Waals surface area contributed by atoms with Gasteiger partial charge in [0.1, 0.15) is 0 Å². The molecule has 8 heteroatoms. The average Bonchev–Trinajstić information content (AvgIpc) is 3.89. The van der Waals surface area contributed by atoms with Gasteiger partial charge in [0.2, 0.25) is 37.0 Å². The van der Waals surface area contributed by atoms with Crippen LogP contribution in [0.5, 0.6) is 0 Å². The number of benzene rings is 5. The molecule has 0 aliphatic heterocycles. The summed E-state index contributed by atoms with van der Waals surface area (Å²) < 4.78 is 8.20. The van der Waals surface area contributed by atoms with Gasteiger partial charge in [0.15, 0.2) is 0 Å². The molecule has 0 amide bonds. The van der Waals surface area contributed by atoms with Gasteiger partial charge in [0, 0.05) is 56.9 Å². The van der Waals surface area contributed by atoms with Gasteiger partial charge in [-0.1, -0.05) is 164 Å². The highest BCUT2D eigenvalue weighted by Crippen LogP contribution is 2.43. The first-order valence-corrected chi connectivity index (χ1v) is 19.5. The van der Waals surface area contributed by atoms with Gasteiger partial charge in [-0.15, -0.1) is 0 Å². The van der Waals surface area contributed by atoms with Crippen LogP contribution in [0.3, 0.4) is 0 Å². The van der Waals surface area contributed by atoms with Gasteiger partial charge in [-0.05, 0) is 52.8 Å². The van der Waals surface area contributed by atoms with E-state index in [1.165, 1.54) is 38.9 Å². The largest absolute Gasteiger partial charge is 0.871 e. The maximum absolute atomic E-state index is 10.7. The lowest BCUT2D eigenvalue weighted by Gasteiger charge is -2.37. The van der Waals surface area contributed by atoms with Crippen molar-refractivity contribution in [1.82, 2.24) is 0 Å². The van der Waals surface area contributed by atoms with Gasteiger partial charge in [-0.25, -0.2) is 0 Å². The Hall–Kier alpha value is -6.58. The topological polar surface area (TPSA) is 81.6 Å². The highest BCUT2D eigenvalue weighted by Gasteiger charge is 2.35. The normalized spacial score (nSPS) is 14.5. The fraction of sp³-hybridized carbons (Fsp3) is 0.120. The maximum Gasteiger partial charge on any atom is 0.222 e. The summed E-state index contributed by atoms with van der Waals surface area (Å²) in [4.78, 5) is 11.7.